The maximum atomic E-state index is 12.8. The van der Waals surface area contributed by atoms with E-state index in [1.807, 2.05) is 7.05 Å². The van der Waals surface area contributed by atoms with Gasteiger partial charge in [-0.15, -0.1) is 0 Å². The third-order valence-corrected chi connectivity index (χ3v) is 4.70. The molecule has 1 fully saturated rings. The highest BCUT2D eigenvalue weighted by atomic mass is 32.1. The van der Waals surface area contributed by atoms with Crippen LogP contribution >= 0.6 is 12.2 Å². The Morgan fingerprint density at radius 2 is 1.94 bits per heavy atom. The second-order valence-electron chi connectivity index (χ2n) is 5.59. The van der Waals surface area contributed by atoms with Gasteiger partial charge in [0.05, 0.1) is 4.99 Å². The minimum atomic E-state index is -0.714. The van der Waals surface area contributed by atoms with Crippen LogP contribution < -0.4 is 5.73 Å². The summed E-state index contributed by atoms with van der Waals surface area (Å²) in [6, 6.07) is 0. The highest BCUT2D eigenvalue weighted by Crippen LogP contribution is 2.35. The zero-order valence-corrected chi connectivity index (χ0v) is 12.6. The standard InChI is InChI=1S/C13H24N2O2S/c1-5-12(2,3)15(4)11(16)13(10(14)18)6-8-17-9-7-13/h5-9H2,1-4H3,(H2,14,18). The van der Waals surface area contributed by atoms with E-state index in [0.717, 1.165) is 6.42 Å². The summed E-state index contributed by atoms with van der Waals surface area (Å²) in [4.78, 5) is 14.9. The summed E-state index contributed by atoms with van der Waals surface area (Å²) in [6.07, 6.45) is 2.07. The van der Waals surface area contributed by atoms with Crippen LogP contribution in [-0.2, 0) is 9.53 Å². The van der Waals surface area contributed by atoms with Crippen LogP contribution in [0.25, 0.3) is 0 Å². The fraction of sp³-hybridized carbons (Fsp3) is 0.846. The number of carbonyl (C=O) groups is 1. The van der Waals surface area contributed by atoms with Crippen molar-refractivity contribution in [3.63, 3.8) is 0 Å². The average molecular weight is 272 g/mol. The topological polar surface area (TPSA) is 55.6 Å². The summed E-state index contributed by atoms with van der Waals surface area (Å²) in [5.41, 5.74) is 4.95. The van der Waals surface area contributed by atoms with Crippen molar-refractivity contribution in [2.75, 3.05) is 20.3 Å². The smallest absolute Gasteiger partial charge is 0.235 e. The molecule has 0 aliphatic carbocycles. The van der Waals surface area contributed by atoms with Gasteiger partial charge in [-0.2, -0.15) is 0 Å². The molecule has 0 aromatic heterocycles. The van der Waals surface area contributed by atoms with Gasteiger partial charge in [-0.25, -0.2) is 0 Å². The fourth-order valence-electron chi connectivity index (χ4n) is 2.12. The van der Waals surface area contributed by atoms with Crippen LogP contribution in [0.4, 0.5) is 0 Å². The number of nitrogens with zero attached hydrogens (tertiary/aromatic N) is 1. The molecule has 0 bridgehead atoms. The minimum absolute atomic E-state index is 0.0325. The van der Waals surface area contributed by atoms with Crippen LogP contribution in [0, 0.1) is 5.41 Å². The molecule has 0 saturated carbocycles. The van der Waals surface area contributed by atoms with E-state index in [0.29, 0.717) is 31.0 Å². The molecule has 1 rings (SSSR count). The van der Waals surface area contributed by atoms with Crippen LogP contribution in [0.5, 0.6) is 0 Å². The second kappa shape index (κ2) is 5.53. The Morgan fingerprint density at radius 3 is 2.33 bits per heavy atom. The zero-order chi connectivity index (χ0) is 14.0. The number of hydrogen-bond acceptors (Lipinski definition) is 3. The van der Waals surface area contributed by atoms with E-state index in [4.69, 9.17) is 22.7 Å². The molecule has 1 aliphatic heterocycles. The van der Waals surface area contributed by atoms with Crippen molar-refractivity contribution >= 4 is 23.1 Å². The van der Waals surface area contributed by atoms with Gasteiger partial charge in [0.2, 0.25) is 5.91 Å². The first kappa shape index (κ1) is 15.4. The first-order valence-electron chi connectivity index (χ1n) is 6.44. The predicted molar refractivity (Wildman–Crippen MR) is 76.4 cm³/mol. The highest BCUT2D eigenvalue weighted by molar-refractivity contribution is 7.80. The van der Waals surface area contributed by atoms with Gasteiger partial charge in [-0.1, -0.05) is 19.1 Å². The maximum absolute atomic E-state index is 12.8. The molecule has 0 atom stereocenters. The van der Waals surface area contributed by atoms with E-state index in [2.05, 4.69) is 20.8 Å². The second-order valence-corrected chi connectivity index (χ2v) is 6.03. The molecule has 0 radical (unpaired) electrons. The lowest BCUT2D eigenvalue weighted by Crippen LogP contribution is -2.57. The molecule has 2 N–H and O–H groups in total. The molecule has 0 aromatic carbocycles. The molecular weight excluding hydrogens is 248 g/mol. The normalized spacial score (nSPS) is 19.3. The Hall–Kier alpha value is -0.680. The Morgan fingerprint density at radius 1 is 1.44 bits per heavy atom. The Labute approximate surface area is 115 Å². The van der Waals surface area contributed by atoms with Crippen LogP contribution in [-0.4, -0.2) is 41.6 Å². The Balaban J connectivity index is 3.00. The largest absolute Gasteiger partial charge is 0.392 e. The highest BCUT2D eigenvalue weighted by Gasteiger charge is 2.46. The monoisotopic (exact) mass is 272 g/mol. The van der Waals surface area contributed by atoms with Crippen molar-refractivity contribution in [2.24, 2.45) is 11.1 Å². The molecule has 0 spiro atoms. The van der Waals surface area contributed by atoms with E-state index >= 15 is 0 Å². The summed E-state index contributed by atoms with van der Waals surface area (Å²) in [5, 5.41) is 0. The van der Waals surface area contributed by atoms with Gasteiger partial charge in [0, 0.05) is 25.8 Å². The molecule has 0 aromatic rings. The van der Waals surface area contributed by atoms with E-state index in [-0.39, 0.29) is 11.4 Å². The molecular formula is C13H24N2O2S. The van der Waals surface area contributed by atoms with Gasteiger partial charge in [0.15, 0.2) is 0 Å². The summed E-state index contributed by atoms with van der Waals surface area (Å²) >= 11 is 5.16. The molecule has 4 nitrogen and oxygen atoms in total. The van der Waals surface area contributed by atoms with Gasteiger partial charge >= 0.3 is 0 Å². The molecule has 1 heterocycles. The van der Waals surface area contributed by atoms with Gasteiger partial charge < -0.3 is 15.4 Å². The lowest BCUT2D eigenvalue weighted by atomic mass is 9.77. The van der Waals surface area contributed by atoms with Crippen molar-refractivity contribution in [3.8, 4) is 0 Å². The number of amides is 1. The minimum Gasteiger partial charge on any atom is -0.392 e. The predicted octanol–water partition coefficient (Wildman–Crippen LogP) is 1.72. The van der Waals surface area contributed by atoms with E-state index in [1.165, 1.54) is 0 Å². The number of nitrogens with two attached hydrogens (primary N) is 1. The van der Waals surface area contributed by atoms with Gasteiger partial charge in [-0.3, -0.25) is 4.79 Å². The van der Waals surface area contributed by atoms with Crippen LogP contribution in [0.3, 0.4) is 0 Å². The summed E-state index contributed by atoms with van der Waals surface area (Å²) in [6.45, 7) is 7.27. The van der Waals surface area contributed by atoms with Gasteiger partial charge in [-0.05, 0) is 33.1 Å². The number of rotatable bonds is 4. The van der Waals surface area contributed by atoms with Crippen LogP contribution in [0.2, 0.25) is 0 Å². The number of carbonyl (C=O) groups excluding carboxylic acids is 1. The Bertz CT molecular complexity index is 336. The van der Waals surface area contributed by atoms with Gasteiger partial charge in [0.25, 0.3) is 0 Å². The molecule has 104 valence electrons. The van der Waals surface area contributed by atoms with E-state index in [9.17, 15) is 4.79 Å². The molecule has 5 heteroatoms. The summed E-state index contributed by atoms with van der Waals surface area (Å²) in [7, 11) is 1.83. The first-order chi connectivity index (χ1) is 8.28. The summed E-state index contributed by atoms with van der Waals surface area (Å²) in [5.74, 6) is 0.0325. The Kier molecular flexibility index (Phi) is 4.72. The van der Waals surface area contributed by atoms with Crippen LogP contribution in [0.15, 0.2) is 0 Å². The number of hydrogen-bond donors (Lipinski definition) is 1. The van der Waals surface area contributed by atoms with Crippen molar-refractivity contribution in [2.45, 2.75) is 45.6 Å². The van der Waals surface area contributed by atoms with E-state index < -0.39 is 5.41 Å². The molecule has 1 aliphatic rings. The third kappa shape index (κ3) is 2.67. The fourth-order valence-corrected chi connectivity index (χ4v) is 2.41. The molecule has 1 saturated heterocycles. The van der Waals surface area contributed by atoms with Gasteiger partial charge in [0.1, 0.15) is 5.41 Å². The zero-order valence-electron chi connectivity index (χ0n) is 11.8. The van der Waals surface area contributed by atoms with Crippen molar-refractivity contribution in [3.05, 3.63) is 0 Å². The van der Waals surface area contributed by atoms with E-state index in [1.54, 1.807) is 4.90 Å². The quantitative estimate of drug-likeness (QED) is 0.792. The first-order valence-corrected chi connectivity index (χ1v) is 6.84. The summed E-state index contributed by atoms with van der Waals surface area (Å²) < 4.78 is 5.33. The van der Waals surface area contributed by atoms with Crippen LogP contribution in [0.1, 0.15) is 40.0 Å². The molecule has 18 heavy (non-hydrogen) atoms. The SMILES string of the molecule is CCC(C)(C)N(C)C(=O)C1(C(N)=S)CCOCC1. The lowest BCUT2D eigenvalue weighted by Gasteiger charge is -2.43. The third-order valence-electron chi connectivity index (χ3n) is 4.31. The average Bonchev–Trinajstić information content (AvgIpc) is 2.37. The van der Waals surface area contributed by atoms with Crippen molar-refractivity contribution < 1.29 is 9.53 Å². The maximum Gasteiger partial charge on any atom is 0.235 e. The van der Waals surface area contributed by atoms with Crippen molar-refractivity contribution in [1.82, 2.24) is 4.90 Å². The molecule has 0 unspecified atom stereocenters. The molecule has 1 amide bonds. The number of thiocarbonyl (C=S) groups is 1. The lowest BCUT2D eigenvalue weighted by molar-refractivity contribution is -0.146. The number of ether oxygens (including phenoxy) is 1. The van der Waals surface area contributed by atoms with Crippen molar-refractivity contribution in [1.29, 1.82) is 0 Å².